The van der Waals surface area contributed by atoms with Crippen molar-refractivity contribution in [1.82, 2.24) is 0 Å². The van der Waals surface area contributed by atoms with E-state index in [1.807, 2.05) is 18.2 Å². The molecule has 1 rings (SSSR count). The Balaban J connectivity index is 2.20. The van der Waals surface area contributed by atoms with Crippen molar-refractivity contribution < 1.29 is 9.16 Å². The van der Waals surface area contributed by atoms with Gasteiger partial charge in [0.1, 0.15) is 6.61 Å². The number of ether oxygens (including phenoxy) is 1. The number of hydrogen-bond acceptors (Lipinski definition) is 2. The van der Waals surface area contributed by atoms with E-state index in [1.165, 1.54) is 23.7 Å². The average Bonchev–Trinajstić information content (AvgIpc) is 2.52. The number of hydrogen-bond donors (Lipinski definition) is 0. The van der Waals surface area contributed by atoms with Crippen LogP contribution in [0.1, 0.15) is 26.3 Å². The Hall–Kier alpha value is -1.08. The van der Waals surface area contributed by atoms with E-state index in [4.69, 9.17) is 9.16 Å². The topological polar surface area (TPSA) is 18.5 Å². The fourth-order valence-corrected chi connectivity index (χ4v) is 4.63. The first-order valence-corrected chi connectivity index (χ1v) is 10.0. The molecule has 0 aliphatic rings. The molecular weight excluding hydrogens is 264 g/mol. The van der Waals surface area contributed by atoms with Crippen LogP contribution in [-0.2, 0) is 15.8 Å². The highest BCUT2D eigenvalue weighted by Crippen LogP contribution is 2.20. The Bertz CT molecular complexity index is 407. The molecule has 1 aromatic rings. The molecule has 0 aliphatic heterocycles. The van der Waals surface area contributed by atoms with Gasteiger partial charge < -0.3 is 9.16 Å². The molecule has 0 fully saturated rings. The van der Waals surface area contributed by atoms with Gasteiger partial charge in [0.25, 0.3) is 0 Å². The molecule has 1 aromatic carbocycles. The fourth-order valence-electron chi connectivity index (χ4n) is 2.14. The van der Waals surface area contributed by atoms with E-state index in [1.54, 1.807) is 0 Å². The van der Waals surface area contributed by atoms with Crippen LogP contribution >= 0.6 is 0 Å². The summed E-state index contributed by atoms with van der Waals surface area (Å²) < 4.78 is 11.6. The quantitative estimate of drug-likeness (QED) is 0.405. The Morgan fingerprint density at radius 3 is 2.10 bits per heavy atom. The van der Waals surface area contributed by atoms with E-state index in [0.29, 0.717) is 19.8 Å². The molecule has 0 spiro atoms. The Kier molecular flexibility index (Phi) is 8.28. The van der Waals surface area contributed by atoms with E-state index >= 15 is 0 Å². The molecule has 0 amide bonds. The summed E-state index contributed by atoms with van der Waals surface area (Å²) in [5, 5.41) is 0. The molecule has 0 bridgehead atoms. The van der Waals surface area contributed by atoms with Crippen LogP contribution in [0.25, 0.3) is 0 Å². The van der Waals surface area contributed by atoms with Gasteiger partial charge in [-0.15, -0.1) is 0 Å². The first kappa shape index (κ1) is 17.0. The van der Waals surface area contributed by atoms with Gasteiger partial charge in [-0.05, 0) is 23.7 Å². The lowest BCUT2D eigenvalue weighted by Gasteiger charge is -2.26. The second kappa shape index (κ2) is 9.76. The smallest absolute Gasteiger partial charge is 0.193 e. The highest BCUT2D eigenvalue weighted by molar-refractivity contribution is 6.73. The zero-order chi connectivity index (χ0) is 14.7. The molecule has 0 aliphatic carbocycles. The predicted octanol–water partition coefficient (Wildman–Crippen LogP) is 4.23. The van der Waals surface area contributed by atoms with Gasteiger partial charge in [0, 0.05) is 0 Å². The minimum absolute atomic E-state index is 0.469. The third-order valence-corrected chi connectivity index (χ3v) is 8.42. The van der Waals surface area contributed by atoms with E-state index in [-0.39, 0.29) is 0 Å². The maximum Gasteiger partial charge on any atom is 0.193 e. The Labute approximate surface area is 124 Å². The fraction of sp³-hybridized carbons (Fsp3) is 0.529. The standard InChI is InChI=1S/C17H26O2Si/c1-4-20(5-2,6-3)19-15-11-10-14-18-16-17-12-8-7-9-13-17/h7-9,12-13H,4-6,14-16H2,1-3H3. The summed E-state index contributed by atoms with van der Waals surface area (Å²) in [6.45, 7) is 8.34. The minimum atomic E-state index is -1.48. The Morgan fingerprint density at radius 1 is 0.900 bits per heavy atom. The van der Waals surface area contributed by atoms with Crippen LogP contribution in [0, 0.1) is 11.8 Å². The van der Waals surface area contributed by atoms with Crippen molar-refractivity contribution in [3.63, 3.8) is 0 Å². The zero-order valence-electron chi connectivity index (χ0n) is 12.9. The zero-order valence-corrected chi connectivity index (χ0v) is 13.9. The van der Waals surface area contributed by atoms with Crippen LogP contribution in [0.4, 0.5) is 0 Å². The summed E-state index contributed by atoms with van der Waals surface area (Å²) in [5.74, 6) is 6.09. The third kappa shape index (κ3) is 5.92. The summed E-state index contributed by atoms with van der Waals surface area (Å²) >= 11 is 0. The Morgan fingerprint density at radius 2 is 1.50 bits per heavy atom. The van der Waals surface area contributed by atoms with Gasteiger partial charge in [-0.1, -0.05) is 62.9 Å². The highest BCUT2D eigenvalue weighted by Gasteiger charge is 2.27. The summed E-state index contributed by atoms with van der Waals surface area (Å²) in [6.07, 6.45) is 0. The molecule has 20 heavy (non-hydrogen) atoms. The van der Waals surface area contributed by atoms with Crippen molar-refractivity contribution in [2.24, 2.45) is 0 Å². The highest BCUT2D eigenvalue weighted by atomic mass is 28.4. The lowest BCUT2D eigenvalue weighted by molar-refractivity contribution is 0.153. The monoisotopic (exact) mass is 290 g/mol. The second-order valence-electron chi connectivity index (χ2n) is 4.86. The lowest BCUT2D eigenvalue weighted by Crippen LogP contribution is -2.35. The predicted molar refractivity (Wildman–Crippen MR) is 87.0 cm³/mol. The van der Waals surface area contributed by atoms with Crippen molar-refractivity contribution in [2.45, 2.75) is 45.5 Å². The molecule has 0 saturated carbocycles. The SMILES string of the molecule is CC[Si](CC)(CC)OCC#CCOCc1ccccc1. The third-order valence-electron chi connectivity index (χ3n) is 3.79. The second-order valence-corrected chi connectivity index (χ2v) is 9.64. The van der Waals surface area contributed by atoms with Gasteiger partial charge in [-0.3, -0.25) is 0 Å². The molecule has 0 aromatic heterocycles. The van der Waals surface area contributed by atoms with Gasteiger partial charge in [0.15, 0.2) is 8.32 Å². The molecule has 0 saturated heterocycles. The molecule has 0 atom stereocenters. The van der Waals surface area contributed by atoms with E-state index in [9.17, 15) is 0 Å². The molecule has 0 unspecified atom stereocenters. The van der Waals surface area contributed by atoms with Crippen LogP contribution in [0.2, 0.25) is 18.1 Å². The van der Waals surface area contributed by atoms with Crippen molar-refractivity contribution in [3.8, 4) is 11.8 Å². The molecule has 2 nitrogen and oxygen atoms in total. The molecule has 110 valence electrons. The van der Waals surface area contributed by atoms with Crippen molar-refractivity contribution >= 4 is 8.32 Å². The maximum absolute atomic E-state index is 6.05. The van der Waals surface area contributed by atoms with Crippen LogP contribution < -0.4 is 0 Å². The van der Waals surface area contributed by atoms with Gasteiger partial charge in [-0.25, -0.2) is 0 Å². The molecular formula is C17H26O2Si. The first-order valence-electron chi connectivity index (χ1n) is 7.47. The largest absolute Gasteiger partial charge is 0.406 e. The molecule has 0 heterocycles. The van der Waals surface area contributed by atoms with Gasteiger partial charge in [0.05, 0.1) is 13.2 Å². The summed E-state index contributed by atoms with van der Waals surface area (Å²) in [7, 11) is -1.48. The van der Waals surface area contributed by atoms with Crippen molar-refractivity contribution in [2.75, 3.05) is 13.2 Å². The van der Waals surface area contributed by atoms with Crippen LogP contribution in [0.15, 0.2) is 30.3 Å². The summed E-state index contributed by atoms with van der Waals surface area (Å²) in [6, 6.07) is 13.7. The normalized spacial score (nSPS) is 10.9. The van der Waals surface area contributed by atoms with E-state index in [0.717, 1.165) is 0 Å². The lowest BCUT2D eigenvalue weighted by atomic mass is 10.2. The van der Waals surface area contributed by atoms with E-state index < -0.39 is 8.32 Å². The minimum Gasteiger partial charge on any atom is -0.406 e. The van der Waals surface area contributed by atoms with Crippen LogP contribution in [0.5, 0.6) is 0 Å². The van der Waals surface area contributed by atoms with E-state index in [2.05, 4.69) is 44.7 Å². The summed E-state index contributed by atoms with van der Waals surface area (Å²) in [4.78, 5) is 0. The van der Waals surface area contributed by atoms with Gasteiger partial charge >= 0.3 is 0 Å². The first-order chi connectivity index (χ1) is 9.76. The number of rotatable bonds is 8. The van der Waals surface area contributed by atoms with Crippen LogP contribution in [-0.4, -0.2) is 21.5 Å². The van der Waals surface area contributed by atoms with Crippen molar-refractivity contribution in [1.29, 1.82) is 0 Å². The van der Waals surface area contributed by atoms with Gasteiger partial charge in [0.2, 0.25) is 0 Å². The average molecular weight is 290 g/mol. The molecule has 3 heteroatoms. The van der Waals surface area contributed by atoms with Gasteiger partial charge in [-0.2, -0.15) is 0 Å². The summed E-state index contributed by atoms with van der Waals surface area (Å²) in [5.41, 5.74) is 1.18. The van der Waals surface area contributed by atoms with Crippen molar-refractivity contribution in [3.05, 3.63) is 35.9 Å². The molecule has 0 N–H and O–H groups in total. The maximum atomic E-state index is 6.05. The molecule has 0 radical (unpaired) electrons. The van der Waals surface area contributed by atoms with Crippen LogP contribution in [0.3, 0.4) is 0 Å². The number of benzene rings is 1.